The van der Waals surface area contributed by atoms with Crippen molar-refractivity contribution in [3.8, 4) is 11.8 Å². The molecule has 4 aliphatic rings. The summed E-state index contributed by atoms with van der Waals surface area (Å²) in [6.45, 7) is 3.45. The average Bonchev–Trinajstić information content (AvgIpc) is 4.07. The molecule has 2 aromatic rings. The van der Waals surface area contributed by atoms with Crippen LogP contribution in [0, 0.1) is 17.8 Å². The van der Waals surface area contributed by atoms with E-state index in [1.165, 1.54) is 12.1 Å². The van der Waals surface area contributed by atoms with Gasteiger partial charge in [-0.2, -0.15) is 18.2 Å². The second kappa shape index (κ2) is 17.1. The lowest BCUT2D eigenvalue weighted by Gasteiger charge is -2.34. The van der Waals surface area contributed by atoms with Crippen LogP contribution in [-0.2, 0) is 29.1 Å². The number of halogens is 6. The number of nitrogens with one attached hydrogen (secondary N) is 3. The Labute approximate surface area is 348 Å². The lowest BCUT2D eigenvalue weighted by Crippen LogP contribution is -2.59. The van der Waals surface area contributed by atoms with E-state index in [-0.39, 0.29) is 42.1 Å². The summed E-state index contributed by atoms with van der Waals surface area (Å²) in [4.78, 5) is 61.5. The Morgan fingerprint density at radius 1 is 1.10 bits per heavy atom. The van der Waals surface area contributed by atoms with Gasteiger partial charge in [0.15, 0.2) is 6.61 Å². The number of benzene rings is 1. The van der Waals surface area contributed by atoms with E-state index in [4.69, 9.17) is 25.8 Å². The van der Waals surface area contributed by atoms with E-state index in [0.717, 1.165) is 4.90 Å². The standard InChI is InChI=1S/C39H47ClF5N5O9S/c1-20-8-5-6-9-22-17-38(22,35(53)49-60(55,56)24-12-13-24)48-32(51)28-15-23(58-33-25-10-7-11-27(40)26(25)16-30(46-33)57-19-29(41)42)18-50(28)34(52)31(21(2)14-20)47-36(54)59-37(3,4)39(43,44)45/h6-7,9-11,16,20-24,28-29,31H,5,8,12-15,17-19H2,1-4H3,(H,47,54)(H,48,51)(H,49,53)/b9-6-/t20-,21-,22-,23-,28+,31?,38-/m1/s1. The molecule has 1 saturated heterocycles. The summed E-state index contributed by atoms with van der Waals surface area (Å²) in [7, 11) is -4.04. The van der Waals surface area contributed by atoms with Crippen LogP contribution in [0.25, 0.3) is 10.8 Å². The van der Waals surface area contributed by atoms with E-state index in [0.29, 0.717) is 56.7 Å². The number of amides is 4. The Balaban J connectivity index is 1.37. The normalized spacial score (nSPS) is 28.4. The van der Waals surface area contributed by atoms with E-state index >= 15 is 0 Å². The van der Waals surface area contributed by atoms with Gasteiger partial charge in [0.05, 0.1) is 11.8 Å². The minimum Gasteiger partial charge on any atom is -0.472 e. The van der Waals surface area contributed by atoms with Crippen molar-refractivity contribution >= 4 is 56.2 Å². The van der Waals surface area contributed by atoms with Crippen LogP contribution in [0.5, 0.6) is 11.8 Å². The van der Waals surface area contributed by atoms with Gasteiger partial charge in [0.25, 0.3) is 12.3 Å². The van der Waals surface area contributed by atoms with Crippen LogP contribution in [0.2, 0.25) is 5.02 Å². The van der Waals surface area contributed by atoms with Crippen LogP contribution in [0.15, 0.2) is 36.4 Å². The minimum atomic E-state index is -4.96. The molecule has 0 bridgehead atoms. The SMILES string of the molecule is C[C@@H]1CC/C=C\[C@@H]2C[C@@]2(C(=O)NS(=O)(=O)C2CC2)NC(=O)[C@@H]2C[C@@H](Oc3nc(OCC(F)F)cc4c(Cl)cccc34)CN2C(=O)C(NC(=O)OC(C)(C)C(F)(F)F)[C@H](C)C1. The van der Waals surface area contributed by atoms with Crippen LogP contribution in [0.3, 0.4) is 0 Å². The Morgan fingerprint density at radius 2 is 1.82 bits per heavy atom. The lowest BCUT2D eigenvalue weighted by molar-refractivity contribution is -0.244. The Kier molecular flexibility index (Phi) is 12.9. The number of rotatable bonds is 10. The number of ether oxygens (including phenoxy) is 3. The largest absolute Gasteiger partial charge is 0.472 e. The van der Waals surface area contributed by atoms with Crippen LogP contribution >= 0.6 is 11.6 Å². The molecule has 0 spiro atoms. The van der Waals surface area contributed by atoms with Crippen molar-refractivity contribution in [2.75, 3.05) is 13.2 Å². The maximum absolute atomic E-state index is 14.8. The van der Waals surface area contributed by atoms with Gasteiger partial charge in [-0.15, -0.1) is 0 Å². The number of fused-ring (bicyclic) bond motifs is 3. The van der Waals surface area contributed by atoms with Crippen molar-refractivity contribution in [2.24, 2.45) is 17.8 Å². The second-order valence-corrected chi connectivity index (χ2v) is 18.9. The molecular formula is C39H47ClF5N5O9S. The molecule has 2 aliphatic heterocycles. The molecule has 1 aromatic carbocycles. The van der Waals surface area contributed by atoms with E-state index in [2.05, 4.69) is 20.3 Å². The predicted octanol–water partition coefficient (Wildman–Crippen LogP) is 5.81. The quantitative estimate of drug-likeness (QED) is 0.195. The fourth-order valence-corrected chi connectivity index (χ4v) is 9.19. The summed E-state index contributed by atoms with van der Waals surface area (Å²) in [5.41, 5.74) is -4.65. The number of hydrogen-bond acceptors (Lipinski definition) is 10. The summed E-state index contributed by atoms with van der Waals surface area (Å²) < 4.78 is 112. The molecule has 330 valence electrons. The highest BCUT2D eigenvalue weighted by Gasteiger charge is 2.62. The second-order valence-electron chi connectivity index (χ2n) is 16.6. The Bertz CT molecular complexity index is 2140. The van der Waals surface area contributed by atoms with Crippen LogP contribution in [-0.4, -0.2) is 102 Å². The van der Waals surface area contributed by atoms with Crippen molar-refractivity contribution in [1.29, 1.82) is 0 Å². The molecule has 0 radical (unpaired) electrons. The highest BCUT2D eigenvalue weighted by atomic mass is 35.5. The topological polar surface area (TPSA) is 182 Å². The maximum Gasteiger partial charge on any atom is 0.427 e. The monoisotopic (exact) mass is 891 g/mol. The number of carbonyl (C=O) groups is 4. The molecule has 2 aliphatic carbocycles. The predicted molar refractivity (Wildman–Crippen MR) is 207 cm³/mol. The summed E-state index contributed by atoms with van der Waals surface area (Å²) in [6, 6.07) is 3.07. The molecule has 4 amide bonds. The fraction of sp³-hybridized carbons (Fsp3) is 0.615. The first kappa shape index (κ1) is 45.1. The molecule has 6 rings (SSSR count). The van der Waals surface area contributed by atoms with Gasteiger partial charge in [0.1, 0.15) is 23.7 Å². The first-order chi connectivity index (χ1) is 28.0. The fourth-order valence-electron chi connectivity index (χ4n) is 7.60. The Morgan fingerprint density at radius 3 is 2.48 bits per heavy atom. The first-order valence-corrected chi connectivity index (χ1v) is 21.5. The molecule has 1 aromatic heterocycles. The average molecular weight is 892 g/mol. The van der Waals surface area contributed by atoms with E-state index in [1.807, 2.05) is 13.0 Å². The maximum atomic E-state index is 14.8. The number of allylic oxidation sites excluding steroid dienone is 1. The number of alkyl halides is 5. The lowest BCUT2D eigenvalue weighted by atomic mass is 9.88. The molecule has 1 unspecified atom stereocenters. The molecule has 21 heteroatoms. The molecule has 7 atom stereocenters. The van der Waals surface area contributed by atoms with Gasteiger partial charge in [-0.1, -0.05) is 43.7 Å². The van der Waals surface area contributed by atoms with Crippen molar-refractivity contribution in [1.82, 2.24) is 25.2 Å². The zero-order valence-corrected chi connectivity index (χ0v) is 34.8. The van der Waals surface area contributed by atoms with Gasteiger partial charge in [-0.3, -0.25) is 19.1 Å². The third kappa shape index (κ3) is 10.0. The Hall–Kier alpha value is -4.46. The molecular weight excluding hydrogens is 845 g/mol. The van der Waals surface area contributed by atoms with Crippen molar-refractivity contribution in [3.05, 3.63) is 41.4 Å². The summed E-state index contributed by atoms with van der Waals surface area (Å²) in [6.07, 6.45) is -4.99. The van der Waals surface area contributed by atoms with Gasteiger partial charge >= 0.3 is 12.3 Å². The zero-order valence-electron chi connectivity index (χ0n) is 33.2. The first-order valence-electron chi connectivity index (χ1n) is 19.6. The minimum absolute atomic E-state index is 0.0432. The van der Waals surface area contributed by atoms with Crippen molar-refractivity contribution in [2.45, 2.75) is 120 Å². The van der Waals surface area contributed by atoms with Gasteiger partial charge in [-0.25, -0.2) is 22.0 Å². The summed E-state index contributed by atoms with van der Waals surface area (Å²) in [5.74, 6) is -4.55. The third-order valence-electron chi connectivity index (χ3n) is 11.3. The number of alkyl carbamates (subject to hydrolysis) is 1. The van der Waals surface area contributed by atoms with Gasteiger partial charge in [0.2, 0.25) is 39.2 Å². The highest BCUT2D eigenvalue weighted by Crippen LogP contribution is 2.46. The van der Waals surface area contributed by atoms with Gasteiger partial charge in [-0.05, 0) is 76.3 Å². The van der Waals surface area contributed by atoms with E-state index < -0.39 is 99.5 Å². The number of nitrogens with zero attached hydrogens (tertiary/aromatic N) is 2. The molecule has 3 fully saturated rings. The van der Waals surface area contributed by atoms with Gasteiger partial charge in [0, 0.05) is 34.2 Å². The van der Waals surface area contributed by atoms with E-state index in [9.17, 15) is 49.5 Å². The number of hydrogen-bond donors (Lipinski definition) is 3. The number of aromatic nitrogens is 1. The molecule has 2 saturated carbocycles. The van der Waals surface area contributed by atoms with Gasteiger partial charge < -0.3 is 29.7 Å². The molecule has 3 N–H and O–H groups in total. The van der Waals surface area contributed by atoms with Crippen LogP contribution in [0.1, 0.15) is 72.6 Å². The van der Waals surface area contributed by atoms with Crippen LogP contribution in [0.4, 0.5) is 26.7 Å². The summed E-state index contributed by atoms with van der Waals surface area (Å²) >= 11 is 6.43. The smallest absolute Gasteiger partial charge is 0.427 e. The van der Waals surface area contributed by atoms with E-state index in [1.54, 1.807) is 25.1 Å². The highest BCUT2D eigenvalue weighted by molar-refractivity contribution is 7.91. The molecule has 14 nitrogen and oxygen atoms in total. The molecule has 3 heterocycles. The number of sulfonamides is 1. The zero-order chi connectivity index (χ0) is 43.9. The number of carbonyl (C=O) groups excluding carboxylic acids is 4. The van der Waals surface area contributed by atoms with Crippen LogP contribution < -0.4 is 24.8 Å². The van der Waals surface area contributed by atoms with Crippen molar-refractivity contribution in [3.63, 3.8) is 0 Å². The molecule has 60 heavy (non-hydrogen) atoms. The number of pyridine rings is 1. The van der Waals surface area contributed by atoms with Crippen molar-refractivity contribution < 1.29 is 63.8 Å². The third-order valence-corrected chi connectivity index (χ3v) is 13.5. The summed E-state index contributed by atoms with van der Waals surface area (Å²) in [5, 5.41) is 5.14.